The van der Waals surface area contributed by atoms with Gasteiger partial charge in [0.25, 0.3) is 17.4 Å². The van der Waals surface area contributed by atoms with Gasteiger partial charge >= 0.3 is 5.69 Å². The first-order valence-electron chi connectivity index (χ1n) is 23.4. The second-order valence-electron chi connectivity index (χ2n) is 20.8. The Morgan fingerprint density at radius 2 is 1.25 bits per heavy atom. The molecule has 6 heterocycles. The second-order valence-corrected chi connectivity index (χ2v) is 25.5. The first-order chi connectivity index (χ1) is 32.6. The zero-order valence-corrected chi connectivity index (χ0v) is 42.0. The van der Waals surface area contributed by atoms with Gasteiger partial charge in [0.2, 0.25) is 0 Å². The molecule has 4 fully saturated rings. The first kappa shape index (κ1) is 49.0. The molecule has 18 heteroatoms. The third-order valence-electron chi connectivity index (χ3n) is 14.2. The van der Waals surface area contributed by atoms with Gasteiger partial charge < -0.3 is 47.1 Å². The Labute approximate surface area is 402 Å². The summed E-state index contributed by atoms with van der Waals surface area (Å²) in [6, 6.07) is 21.5. The predicted octanol–water partition coefficient (Wildman–Crippen LogP) is 6.40. The van der Waals surface area contributed by atoms with Crippen LogP contribution in [-0.2, 0) is 50.7 Å². The molecule has 0 bridgehead atoms. The molecule has 4 saturated heterocycles. The third-order valence-corrected chi connectivity index (χ3v) is 18.7. The molecule has 0 N–H and O–H groups in total. The van der Waals surface area contributed by atoms with Crippen molar-refractivity contribution in [1.82, 2.24) is 14.0 Å². The van der Waals surface area contributed by atoms with Crippen molar-refractivity contribution < 1.29 is 56.6 Å². The average molecular weight is 970 g/mol. The number of amides is 2. The molecule has 2 unspecified atom stereocenters. The SMILES string of the molecule is COc1ccc(COC2O[C@H](CC(O[Si](C)(C)C(C)(C)C)[C@H]3O[C@@H](n4ccc(=O)n(Cc5ccc(OC)cc5)c4=O)[C@@H]4OC(C)(C)O[C@@H]43)[C@@H]3OC(C)(C)O[C@@H]3[C@H]2N2C(=O)c3ccccc3C2=O)cc1. The van der Waals surface area contributed by atoms with Crippen LogP contribution in [-0.4, -0.2) is 115 Å². The van der Waals surface area contributed by atoms with E-state index < -0.39 is 104 Å². The summed E-state index contributed by atoms with van der Waals surface area (Å²) in [7, 11) is 0.479. The number of fused-ring (bicyclic) bond motifs is 3. The summed E-state index contributed by atoms with van der Waals surface area (Å²) in [5.74, 6) is -1.92. The highest BCUT2D eigenvalue weighted by atomic mass is 28.4. The van der Waals surface area contributed by atoms with Gasteiger partial charge in [-0.1, -0.05) is 57.2 Å². The Hall–Kier alpha value is -5.02. The summed E-state index contributed by atoms with van der Waals surface area (Å²) >= 11 is 0. The van der Waals surface area contributed by atoms with E-state index in [4.69, 9.17) is 47.1 Å². The van der Waals surface area contributed by atoms with Gasteiger partial charge in [0.15, 0.2) is 32.4 Å². The summed E-state index contributed by atoms with van der Waals surface area (Å²) < 4.78 is 68.0. The molecule has 0 saturated carbocycles. The van der Waals surface area contributed by atoms with Gasteiger partial charge in [0, 0.05) is 18.7 Å². The number of rotatable bonds is 14. The maximum absolute atomic E-state index is 14.5. The Bertz CT molecular complexity index is 2640. The van der Waals surface area contributed by atoms with Crippen molar-refractivity contribution >= 4 is 20.1 Å². The van der Waals surface area contributed by atoms with Crippen molar-refractivity contribution in [2.75, 3.05) is 14.2 Å². The van der Waals surface area contributed by atoms with E-state index in [9.17, 15) is 19.2 Å². The number of imide groups is 1. The minimum atomic E-state index is -2.68. The maximum atomic E-state index is 14.5. The number of methoxy groups -OCH3 is 2. The van der Waals surface area contributed by atoms with Gasteiger partial charge in [-0.2, -0.15) is 0 Å². The van der Waals surface area contributed by atoms with Gasteiger partial charge in [0.05, 0.1) is 50.7 Å². The standard InChI is InChI=1S/C51H63N3O14Si/c1-49(2,3)69(10,11)68-36(39-42-43(67-51(6,7)66-42)46(63-39)52-25-24-37(55)53(48(52)58)27-29-16-20-31(59-8)21-17-29)26-35-40-41(65-50(4,5)64-40)38(54-44(56)33-14-12-13-15-34(33)45(54)57)47(62-35)61-28-30-18-22-32(60-9)23-19-30/h12-25,35-36,38-43,46-47H,26-28H2,1-11H3/t35-,36?,38-,39-,40+,41-,42-,43-,46-,47?/m1/s1. The molecule has 3 aromatic carbocycles. The third kappa shape index (κ3) is 9.38. The quantitative estimate of drug-likeness (QED) is 0.100. The maximum Gasteiger partial charge on any atom is 0.333 e. The van der Waals surface area contributed by atoms with Crippen LogP contribution in [0.25, 0.3) is 0 Å². The largest absolute Gasteiger partial charge is 0.497 e. The summed E-state index contributed by atoms with van der Waals surface area (Å²) in [5.41, 5.74) is 1.00. The van der Waals surface area contributed by atoms with Gasteiger partial charge in [-0.05, 0) is 93.4 Å². The Morgan fingerprint density at radius 3 is 1.83 bits per heavy atom. The average Bonchev–Trinajstić information content (AvgIpc) is 3.99. The molecule has 69 heavy (non-hydrogen) atoms. The summed E-state index contributed by atoms with van der Waals surface area (Å²) in [6.07, 6.45) is -6.42. The summed E-state index contributed by atoms with van der Waals surface area (Å²) in [4.78, 5) is 57.6. The number of aromatic nitrogens is 2. The molecule has 17 nitrogen and oxygen atoms in total. The monoisotopic (exact) mass is 969 g/mol. The molecule has 0 spiro atoms. The van der Waals surface area contributed by atoms with Crippen LogP contribution in [0.3, 0.4) is 0 Å². The van der Waals surface area contributed by atoms with Crippen LogP contribution in [0.2, 0.25) is 18.1 Å². The number of hydrogen-bond donors (Lipinski definition) is 0. The Morgan fingerprint density at radius 1 is 0.696 bits per heavy atom. The van der Waals surface area contributed by atoms with E-state index in [1.165, 1.54) is 21.7 Å². The van der Waals surface area contributed by atoms with E-state index in [-0.39, 0.29) is 35.7 Å². The van der Waals surface area contributed by atoms with E-state index in [1.807, 2.05) is 24.3 Å². The van der Waals surface area contributed by atoms with Crippen LogP contribution in [0.4, 0.5) is 0 Å². The normalized spacial score (nSPS) is 28.6. The molecular formula is C51H63N3O14Si. The fourth-order valence-electron chi connectivity index (χ4n) is 9.78. The zero-order valence-electron chi connectivity index (χ0n) is 41.0. The molecule has 1 aromatic heterocycles. The second kappa shape index (κ2) is 18.3. The molecular weight excluding hydrogens is 907 g/mol. The molecule has 10 atom stereocenters. The molecule has 0 radical (unpaired) electrons. The van der Waals surface area contributed by atoms with Gasteiger partial charge in [-0.15, -0.1) is 0 Å². The van der Waals surface area contributed by atoms with Crippen LogP contribution < -0.4 is 20.7 Å². The molecule has 0 aliphatic carbocycles. The fourth-order valence-corrected chi connectivity index (χ4v) is 11.1. The van der Waals surface area contributed by atoms with Gasteiger partial charge in [-0.25, -0.2) is 4.79 Å². The van der Waals surface area contributed by atoms with Gasteiger partial charge in [-0.3, -0.25) is 28.4 Å². The molecule has 2 amide bonds. The van der Waals surface area contributed by atoms with Crippen LogP contribution in [0.15, 0.2) is 94.6 Å². The highest BCUT2D eigenvalue weighted by Gasteiger charge is 2.63. The van der Waals surface area contributed by atoms with Crippen molar-refractivity contribution in [2.45, 2.75) is 159 Å². The number of carbonyl (C=O) groups excluding carboxylic acids is 2. The lowest BCUT2D eigenvalue weighted by Gasteiger charge is -2.47. The predicted molar refractivity (Wildman–Crippen MR) is 252 cm³/mol. The van der Waals surface area contributed by atoms with Crippen molar-refractivity contribution in [3.05, 3.63) is 128 Å². The van der Waals surface area contributed by atoms with E-state index in [1.54, 1.807) is 90.4 Å². The molecule has 4 aromatic rings. The molecule has 5 aliphatic rings. The molecule has 9 rings (SSSR count). The number of benzene rings is 3. The van der Waals surface area contributed by atoms with E-state index in [2.05, 4.69) is 33.9 Å². The fraction of sp³-hybridized carbons (Fsp3) is 0.529. The van der Waals surface area contributed by atoms with E-state index >= 15 is 0 Å². The Kier molecular flexibility index (Phi) is 13.0. The van der Waals surface area contributed by atoms with Crippen LogP contribution in [0.5, 0.6) is 11.5 Å². The smallest absolute Gasteiger partial charge is 0.333 e. The highest BCUT2D eigenvalue weighted by Crippen LogP contribution is 2.49. The van der Waals surface area contributed by atoms with Crippen LogP contribution in [0.1, 0.15) is 93.0 Å². The van der Waals surface area contributed by atoms with Gasteiger partial charge in [0.1, 0.15) is 48.1 Å². The van der Waals surface area contributed by atoms with Crippen molar-refractivity contribution in [1.29, 1.82) is 0 Å². The number of ether oxygens (including phenoxy) is 9. The zero-order chi connectivity index (χ0) is 49.4. The highest BCUT2D eigenvalue weighted by molar-refractivity contribution is 6.74. The summed E-state index contributed by atoms with van der Waals surface area (Å²) in [5, 5.41) is -0.269. The van der Waals surface area contributed by atoms with E-state index in [0.717, 1.165) is 15.7 Å². The minimum absolute atomic E-state index is 0.0100. The molecule has 370 valence electrons. The van der Waals surface area contributed by atoms with Crippen molar-refractivity contribution in [3.8, 4) is 11.5 Å². The van der Waals surface area contributed by atoms with Crippen LogP contribution >= 0.6 is 0 Å². The number of carbonyl (C=O) groups is 2. The molecule has 5 aliphatic heterocycles. The number of hydrogen-bond acceptors (Lipinski definition) is 14. The lowest BCUT2D eigenvalue weighted by atomic mass is 9.90. The topological polar surface area (TPSA) is 174 Å². The lowest BCUT2D eigenvalue weighted by Crippen LogP contribution is -2.65. The van der Waals surface area contributed by atoms with Crippen molar-refractivity contribution in [3.63, 3.8) is 0 Å². The Balaban J connectivity index is 1.09. The first-order valence-corrected chi connectivity index (χ1v) is 26.4. The van der Waals surface area contributed by atoms with Crippen LogP contribution in [0, 0.1) is 0 Å². The van der Waals surface area contributed by atoms with Crippen molar-refractivity contribution in [2.24, 2.45) is 0 Å². The number of nitrogens with zero attached hydrogens (tertiary/aromatic N) is 3. The minimum Gasteiger partial charge on any atom is -0.497 e. The summed E-state index contributed by atoms with van der Waals surface area (Å²) in [6.45, 7) is 17.9. The lowest BCUT2D eigenvalue weighted by molar-refractivity contribution is -0.265. The van der Waals surface area contributed by atoms with E-state index in [0.29, 0.717) is 11.5 Å².